The summed E-state index contributed by atoms with van der Waals surface area (Å²) >= 11 is 1.25. The number of methoxy groups -OCH3 is 1. The number of nitrogens with one attached hydrogen (secondary N) is 1. The number of aliphatic hydroxyl groups is 1. The quantitative estimate of drug-likeness (QED) is 0.793. The molecule has 1 unspecified atom stereocenters. The van der Waals surface area contributed by atoms with E-state index in [2.05, 4.69) is 4.72 Å². The van der Waals surface area contributed by atoms with Crippen LogP contribution in [0.4, 0.5) is 0 Å². The molecule has 1 atom stereocenters. The molecule has 1 aromatic heterocycles. The SMILES string of the molecule is CCC(COC)NS(=O)(=O)c1c(C)csc1CO. The summed E-state index contributed by atoms with van der Waals surface area (Å²) in [6.45, 7) is 3.67. The van der Waals surface area contributed by atoms with Gasteiger partial charge < -0.3 is 9.84 Å². The highest BCUT2D eigenvalue weighted by Crippen LogP contribution is 2.27. The molecule has 0 aliphatic rings. The monoisotopic (exact) mass is 293 g/mol. The summed E-state index contributed by atoms with van der Waals surface area (Å²) in [5, 5.41) is 10.9. The van der Waals surface area contributed by atoms with Gasteiger partial charge in [-0.3, -0.25) is 0 Å². The zero-order valence-electron chi connectivity index (χ0n) is 10.8. The van der Waals surface area contributed by atoms with Crippen molar-refractivity contribution in [2.75, 3.05) is 13.7 Å². The van der Waals surface area contributed by atoms with Crippen molar-refractivity contribution in [2.24, 2.45) is 0 Å². The van der Waals surface area contributed by atoms with Gasteiger partial charge in [0.25, 0.3) is 0 Å². The molecule has 104 valence electrons. The van der Waals surface area contributed by atoms with Gasteiger partial charge in [-0.25, -0.2) is 13.1 Å². The second kappa shape index (κ2) is 6.63. The van der Waals surface area contributed by atoms with Gasteiger partial charge in [0.05, 0.1) is 18.1 Å². The Balaban J connectivity index is 3.02. The van der Waals surface area contributed by atoms with Crippen LogP contribution < -0.4 is 4.72 Å². The van der Waals surface area contributed by atoms with E-state index in [0.717, 1.165) is 0 Å². The Bertz CT molecular complexity index is 481. The molecule has 0 saturated heterocycles. The number of aryl methyl sites for hydroxylation is 1. The molecule has 1 rings (SSSR count). The molecular weight excluding hydrogens is 274 g/mol. The topological polar surface area (TPSA) is 75.6 Å². The molecule has 18 heavy (non-hydrogen) atoms. The van der Waals surface area contributed by atoms with E-state index < -0.39 is 10.0 Å². The van der Waals surface area contributed by atoms with Crippen molar-refractivity contribution in [1.82, 2.24) is 4.72 Å². The Morgan fingerprint density at radius 2 is 2.22 bits per heavy atom. The fraction of sp³-hybridized carbons (Fsp3) is 0.636. The minimum absolute atomic E-state index is 0.199. The van der Waals surface area contributed by atoms with Crippen LogP contribution in [0.2, 0.25) is 0 Å². The van der Waals surface area contributed by atoms with E-state index in [-0.39, 0.29) is 17.5 Å². The fourth-order valence-corrected chi connectivity index (χ4v) is 4.64. The molecule has 0 saturated carbocycles. The van der Waals surface area contributed by atoms with E-state index in [0.29, 0.717) is 23.5 Å². The predicted molar refractivity (Wildman–Crippen MR) is 71.3 cm³/mol. The van der Waals surface area contributed by atoms with Gasteiger partial charge in [0.15, 0.2) is 0 Å². The van der Waals surface area contributed by atoms with Crippen molar-refractivity contribution in [3.63, 3.8) is 0 Å². The summed E-state index contributed by atoms with van der Waals surface area (Å²) in [5.74, 6) is 0. The lowest BCUT2D eigenvalue weighted by Crippen LogP contribution is -2.37. The summed E-state index contributed by atoms with van der Waals surface area (Å²) in [6, 6.07) is -0.258. The minimum Gasteiger partial charge on any atom is -0.391 e. The first-order valence-electron chi connectivity index (χ1n) is 5.65. The number of sulfonamides is 1. The van der Waals surface area contributed by atoms with Crippen LogP contribution in [0.3, 0.4) is 0 Å². The molecule has 0 radical (unpaired) electrons. The highest BCUT2D eigenvalue weighted by Gasteiger charge is 2.25. The molecule has 0 aliphatic carbocycles. The van der Waals surface area contributed by atoms with Crippen molar-refractivity contribution in [1.29, 1.82) is 0 Å². The zero-order valence-corrected chi connectivity index (χ0v) is 12.4. The molecule has 0 fully saturated rings. The lowest BCUT2D eigenvalue weighted by Gasteiger charge is -2.16. The molecule has 1 aromatic rings. The van der Waals surface area contributed by atoms with Gasteiger partial charge in [-0.15, -0.1) is 11.3 Å². The minimum atomic E-state index is -3.60. The summed E-state index contributed by atoms with van der Waals surface area (Å²) in [4.78, 5) is 0.664. The lowest BCUT2D eigenvalue weighted by atomic mass is 10.3. The molecule has 0 amide bonds. The number of aliphatic hydroxyl groups excluding tert-OH is 1. The molecule has 7 heteroatoms. The number of rotatable bonds is 7. The van der Waals surface area contributed by atoms with Gasteiger partial charge >= 0.3 is 0 Å². The van der Waals surface area contributed by atoms with Gasteiger partial charge in [0, 0.05) is 13.2 Å². The third-order valence-electron chi connectivity index (χ3n) is 2.58. The first kappa shape index (κ1) is 15.6. The smallest absolute Gasteiger partial charge is 0.242 e. The Hall–Kier alpha value is -0.470. The third-order valence-corrected chi connectivity index (χ3v) is 5.55. The van der Waals surface area contributed by atoms with Crippen LogP contribution in [0, 0.1) is 6.92 Å². The highest BCUT2D eigenvalue weighted by atomic mass is 32.2. The van der Waals surface area contributed by atoms with E-state index in [9.17, 15) is 13.5 Å². The van der Waals surface area contributed by atoms with Crippen LogP contribution in [-0.4, -0.2) is 33.3 Å². The van der Waals surface area contributed by atoms with Crippen LogP contribution >= 0.6 is 11.3 Å². The first-order chi connectivity index (χ1) is 8.46. The molecule has 0 spiro atoms. The second-order valence-electron chi connectivity index (χ2n) is 4.01. The van der Waals surface area contributed by atoms with Crippen LogP contribution in [-0.2, 0) is 21.4 Å². The van der Waals surface area contributed by atoms with E-state index >= 15 is 0 Å². The van der Waals surface area contributed by atoms with Crippen molar-refractivity contribution in [2.45, 2.75) is 37.8 Å². The highest BCUT2D eigenvalue weighted by molar-refractivity contribution is 7.89. The van der Waals surface area contributed by atoms with Gasteiger partial charge in [-0.05, 0) is 24.3 Å². The van der Waals surface area contributed by atoms with Crippen LogP contribution in [0.1, 0.15) is 23.8 Å². The number of hydrogen-bond acceptors (Lipinski definition) is 5. The maximum absolute atomic E-state index is 12.3. The molecule has 1 heterocycles. The Labute approximate surface area is 112 Å². The number of ether oxygens (including phenoxy) is 1. The van der Waals surface area contributed by atoms with E-state index in [1.807, 2.05) is 6.92 Å². The maximum Gasteiger partial charge on any atom is 0.242 e. The summed E-state index contributed by atoms with van der Waals surface area (Å²) in [7, 11) is -2.07. The fourth-order valence-electron chi connectivity index (χ4n) is 1.67. The molecule has 2 N–H and O–H groups in total. The lowest BCUT2D eigenvalue weighted by molar-refractivity contribution is 0.173. The summed E-state index contributed by atoms with van der Waals surface area (Å²) in [6.07, 6.45) is 0.644. The van der Waals surface area contributed by atoms with Gasteiger partial charge in [0.1, 0.15) is 4.90 Å². The van der Waals surface area contributed by atoms with Gasteiger partial charge in [-0.2, -0.15) is 0 Å². The second-order valence-corrected chi connectivity index (χ2v) is 6.63. The molecule has 0 aromatic carbocycles. The number of thiophene rings is 1. The molecule has 0 aliphatic heterocycles. The van der Waals surface area contributed by atoms with Gasteiger partial charge in [-0.1, -0.05) is 6.92 Å². The molecular formula is C11H19NO4S2. The standard InChI is InChI=1S/C11H19NO4S2/c1-4-9(6-16-3)12-18(14,15)11-8(2)7-17-10(11)5-13/h7,9,12-13H,4-6H2,1-3H3. The number of hydrogen-bond donors (Lipinski definition) is 2. The average Bonchev–Trinajstić information content (AvgIpc) is 2.70. The Morgan fingerprint density at radius 3 is 2.72 bits per heavy atom. The molecule has 5 nitrogen and oxygen atoms in total. The summed E-state index contributed by atoms with van der Waals surface area (Å²) < 4.78 is 32.1. The van der Waals surface area contributed by atoms with Crippen LogP contribution in [0.15, 0.2) is 10.3 Å². The van der Waals surface area contributed by atoms with E-state index in [4.69, 9.17) is 4.74 Å². The average molecular weight is 293 g/mol. The Morgan fingerprint density at radius 1 is 1.56 bits per heavy atom. The van der Waals surface area contributed by atoms with Crippen LogP contribution in [0.5, 0.6) is 0 Å². The van der Waals surface area contributed by atoms with E-state index in [1.54, 1.807) is 12.3 Å². The largest absolute Gasteiger partial charge is 0.391 e. The van der Waals surface area contributed by atoms with Crippen molar-refractivity contribution in [3.05, 3.63) is 15.8 Å². The van der Waals surface area contributed by atoms with Crippen molar-refractivity contribution in [3.8, 4) is 0 Å². The van der Waals surface area contributed by atoms with Gasteiger partial charge in [0.2, 0.25) is 10.0 Å². The Kier molecular flexibility index (Phi) is 5.74. The summed E-state index contributed by atoms with van der Waals surface area (Å²) in [5.41, 5.74) is 0.656. The van der Waals surface area contributed by atoms with Crippen LogP contribution in [0.25, 0.3) is 0 Å². The normalized spacial score (nSPS) is 13.8. The maximum atomic E-state index is 12.3. The van der Waals surface area contributed by atoms with Crippen molar-refractivity contribution < 1.29 is 18.3 Å². The third kappa shape index (κ3) is 3.52. The van der Waals surface area contributed by atoms with Crippen molar-refractivity contribution >= 4 is 21.4 Å². The first-order valence-corrected chi connectivity index (χ1v) is 8.01. The zero-order chi connectivity index (χ0) is 13.8. The predicted octanol–water partition coefficient (Wildman–Crippen LogP) is 1.25. The van der Waals surface area contributed by atoms with E-state index in [1.165, 1.54) is 18.4 Å². The molecule has 0 bridgehead atoms.